The van der Waals surface area contributed by atoms with Crippen molar-refractivity contribution in [1.29, 1.82) is 0 Å². The summed E-state index contributed by atoms with van der Waals surface area (Å²) in [6, 6.07) is 0. The Hall–Kier alpha value is -0.290. The van der Waals surface area contributed by atoms with Crippen LogP contribution in [-0.2, 0) is 0 Å². The Kier molecular flexibility index (Phi) is 4.19. The molecule has 0 rings (SSSR count). The topological polar surface area (TPSA) is 0 Å². The molecular formula is C4F8Te. The van der Waals surface area contributed by atoms with Crippen LogP contribution in [0.15, 0.2) is 19.9 Å². The number of rotatable bonds is 2. The molecule has 0 aromatic heterocycles. The van der Waals surface area contributed by atoms with Gasteiger partial charge in [-0.25, -0.2) is 0 Å². The zero-order chi connectivity index (χ0) is 10.8. The van der Waals surface area contributed by atoms with Crippen molar-refractivity contribution >= 4 is 19.3 Å². The van der Waals surface area contributed by atoms with Crippen LogP contribution in [0, 0.1) is 0 Å². The summed E-state index contributed by atoms with van der Waals surface area (Å²) in [5, 5.41) is 0. The predicted octanol–water partition coefficient (Wildman–Crippen LogP) is 3.60. The molecular weight excluding hydrogens is 328 g/mol. The molecule has 0 N–H and O–H groups in total. The van der Waals surface area contributed by atoms with Crippen LogP contribution in [0.4, 0.5) is 32.1 Å². The Morgan fingerprint density at radius 1 is 0.615 bits per heavy atom. The van der Waals surface area contributed by atoms with Crippen LogP contribution in [0.2, 0.25) is 0 Å². The second kappa shape index (κ2) is 4.28. The van der Waals surface area contributed by atoms with E-state index in [-0.39, 0.29) is 0 Å². The molecule has 0 aliphatic rings. The summed E-state index contributed by atoms with van der Waals surface area (Å²) in [6.45, 7) is 0. The first-order valence-electron chi connectivity index (χ1n) is 2.35. The Morgan fingerprint density at radius 3 is 1.00 bits per heavy atom. The molecule has 0 heterocycles. The van der Waals surface area contributed by atoms with Gasteiger partial charge < -0.3 is 0 Å². The molecule has 0 atom stereocenters. The summed E-state index contributed by atoms with van der Waals surface area (Å²) < 4.78 is 85.8. The third-order valence-electron chi connectivity index (χ3n) is 0.747. The van der Waals surface area contributed by atoms with Crippen LogP contribution < -0.4 is 0 Å². The zero-order valence-corrected chi connectivity index (χ0v) is 7.76. The Morgan fingerprint density at radius 2 is 0.846 bits per heavy atom. The molecule has 0 fully saturated rings. The van der Waals surface area contributed by atoms with Gasteiger partial charge in [-0.1, -0.05) is 0 Å². The molecule has 0 aliphatic heterocycles. The predicted molar refractivity (Wildman–Crippen MR) is 28.7 cm³/mol. The molecule has 0 radical (unpaired) electrons. The van der Waals surface area contributed by atoms with Gasteiger partial charge in [0.15, 0.2) is 0 Å². The van der Waals surface area contributed by atoms with E-state index in [0.29, 0.717) is 0 Å². The fourth-order valence-electron chi connectivity index (χ4n) is 0.272. The van der Waals surface area contributed by atoms with Crippen LogP contribution in [0.1, 0.15) is 0 Å². The van der Waals surface area contributed by atoms with E-state index in [1.54, 1.807) is 0 Å². The van der Waals surface area contributed by atoms with Gasteiger partial charge in [0.2, 0.25) is 0 Å². The maximum absolute atomic E-state index is 12.1. The van der Waals surface area contributed by atoms with Gasteiger partial charge in [-0.15, -0.1) is 0 Å². The van der Waals surface area contributed by atoms with Crippen molar-refractivity contribution in [1.82, 2.24) is 0 Å². The fraction of sp³-hybridized carbons (Fsp3) is 0. The molecule has 78 valence electrons. The van der Waals surface area contributed by atoms with Gasteiger partial charge in [-0.3, -0.25) is 0 Å². The molecule has 9 heteroatoms. The molecule has 0 nitrogen and oxygen atoms in total. The summed E-state index contributed by atoms with van der Waals surface area (Å²) in [6.07, 6.45) is -6.94. The first-order valence-corrected chi connectivity index (χ1v) is 6.44. The van der Waals surface area contributed by atoms with Crippen molar-refractivity contribution in [2.24, 2.45) is 0 Å². The van der Waals surface area contributed by atoms with Crippen molar-refractivity contribution in [3.8, 4) is 0 Å². The van der Waals surface area contributed by atoms with E-state index in [1.165, 1.54) is 0 Å². The minimum atomic E-state index is -7.66. The molecule has 0 amide bonds. The summed E-state index contributed by atoms with van der Waals surface area (Å²) in [7, 11) is 0. The van der Waals surface area contributed by atoms with Gasteiger partial charge in [-0.2, -0.15) is 0 Å². The average Bonchev–Trinajstić information content (AvgIpc) is 2.01. The molecule has 0 spiro atoms. The second-order valence-corrected chi connectivity index (χ2v) is 6.26. The Balaban J connectivity index is 5.23. The van der Waals surface area contributed by atoms with Crippen LogP contribution in [0.5, 0.6) is 0 Å². The summed E-state index contributed by atoms with van der Waals surface area (Å²) >= 11 is -7.66. The van der Waals surface area contributed by atoms with Crippen LogP contribution in [0.25, 0.3) is 0 Å². The standard InChI is InChI=1S/C4F8Te/c5-1(6)3(9)13(11,12)4(10)2(7)8. The van der Waals surface area contributed by atoms with E-state index in [1.807, 2.05) is 0 Å². The SMILES string of the molecule is FC(F)=C(F)[Te](F)(F)C(F)=C(F)F. The van der Waals surface area contributed by atoms with Crippen molar-refractivity contribution < 1.29 is 32.1 Å². The second-order valence-electron chi connectivity index (χ2n) is 1.54. The first kappa shape index (κ1) is 12.7. The van der Waals surface area contributed by atoms with Gasteiger partial charge >= 0.3 is 71.4 Å². The van der Waals surface area contributed by atoms with Gasteiger partial charge in [0.1, 0.15) is 0 Å². The van der Waals surface area contributed by atoms with E-state index in [9.17, 15) is 32.1 Å². The van der Waals surface area contributed by atoms with E-state index >= 15 is 0 Å². The molecule has 0 bridgehead atoms. The normalized spacial score (nSPS) is 12.3. The van der Waals surface area contributed by atoms with Crippen molar-refractivity contribution in [3.63, 3.8) is 0 Å². The van der Waals surface area contributed by atoms with E-state index in [2.05, 4.69) is 0 Å². The van der Waals surface area contributed by atoms with Gasteiger partial charge in [0, 0.05) is 0 Å². The van der Waals surface area contributed by atoms with Gasteiger partial charge in [-0.05, 0) is 0 Å². The van der Waals surface area contributed by atoms with Gasteiger partial charge in [0.25, 0.3) is 0 Å². The molecule has 0 unspecified atom stereocenters. The minimum absolute atomic E-state index is 3.34. The van der Waals surface area contributed by atoms with Crippen LogP contribution >= 0.6 is 0 Å². The first-order chi connectivity index (χ1) is 5.71. The van der Waals surface area contributed by atoms with Crippen molar-refractivity contribution in [3.05, 3.63) is 19.9 Å². The third-order valence-corrected chi connectivity index (χ3v) is 4.20. The molecule has 0 saturated heterocycles. The van der Waals surface area contributed by atoms with Gasteiger partial charge in [0.05, 0.1) is 0 Å². The van der Waals surface area contributed by atoms with E-state index in [4.69, 9.17) is 0 Å². The molecule has 0 saturated carbocycles. The molecule has 0 aromatic rings. The fourth-order valence-corrected chi connectivity index (χ4v) is 1.83. The summed E-state index contributed by atoms with van der Waals surface area (Å²) in [4.78, 5) is 0. The zero-order valence-electron chi connectivity index (χ0n) is 5.43. The maximum atomic E-state index is 12.1. The summed E-state index contributed by atoms with van der Waals surface area (Å²) in [5.41, 5.74) is 0. The number of halogens is 8. The van der Waals surface area contributed by atoms with E-state index < -0.39 is 39.2 Å². The monoisotopic (exact) mass is 330 g/mol. The Labute approximate surface area is 71.9 Å². The Bertz CT molecular complexity index is 231. The quantitative estimate of drug-likeness (QED) is 0.537. The molecule has 0 aromatic carbocycles. The van der Waals surface area contributed by atoms with Crippen LogP contribution in [-0.4, -0.2) is 19.3 Å². The number of hydrogen-bond acceptors (Lipinski definition) is 0. The molecule has 0 aliphatic carbocycles. The van der Waals surface area contributed by atoms with Crippen LogP contribution in [0.3, 0.4) is 0 Å². The van der Waals surface area contributed by atoms with Crippen molar-refractivity contribution in [2.45, 2.75) is 0 Å². The number of hydrogen-bond donors (Lipinski definition) is 0. The third kappa shape index (κ3) is 2.84. The molecule has 13 heavy (non-hydrogen) atoms. The van der Waals surface area contributed by atoms with Crippen molar-refractivity contribution in [2.75, 3.05) is 0 Å². The van der Waals surface area contributed by atoms with E-state index in [0.717, 1.165) is 0 Å². The average molecular weight is 328 g/mol. The summed E-state index contributed by atoms with van der Waals surface area (Å²) in [5.74, 6) is 0.